The highest BCUT2D eigenvalue weighted by Crippen LogP contribution is 1.95. The smallest absolute Gasteiger partial charge is 0.229 e. The Bertz CT molecular complexity index is 162. The highest BCUT2D eigenvalue weighted by Gasteiger charge is 2.09. The molecule has 1 rings (SSSR count). The fourth-order valence-electron chi connectivity index (χ4n) is 1.15. The first-order chi connectivity index (χ1) is 5.79. The largest absolute Gasteiger partial charge is 0.356 e. The average Bonchev–Trinajstić information content (AvgIpc) is 2.02. The van der Waals surface area contributed by atoms with Gasteiger partial charge in [0.05, 0.1) is 0 Å². The Morgan fingerprint density at radius 1 is 0.833 bits per heavy atom. The molecule has 12 heavy (non-hydrogen) atoms. The molecule has 4 nitrogen and oxygen atoms in total. The van der Waals surface area contributed by atoms with Gasteiger partial charge in [0.2, 0.25) is 11.8 Å². The molecule has 2 amide bonds. The van der Waals surface area contributed by atoms with Crippen molar-refractivity contribution in [1.29, 1.82) is 0 Å². The monoisotopic (exact) mass is 170 g/mol. The van der Waals surface area contributed by atoms with Gasteiger partial charge < -0.3 is 10.6 Å². The molecule has 2 N–H and O–H groups in total. The number of carbonyl (C=O) groups excluding carboxylic acids is 2. The SMILES string of the molecule is O=C1CC(=O)NCCCCCN1. The summed E-state index contributed by atoms with van der Waals surface area (Å²) in [6.45, 7) is 1.40. The Balaban J connectivity index is 2.34. The van der Waals surface area contributed by atoms with Crippen LogP contribution in [0.3, 0.4) is 0 Å². The third-order valence-electron chi connectivity index (χ3n) is 1.82. The number of nitrogens with one attached hydrogen (secondary N) is 2. The van der Waals surface area contributed by atoms with E-state index in [1.54, 1.807) is 0 Å². The lowest BCUT2D eigenvalue weighted by Gasteiger charge is -2.09. The maximum atomic E-state index is 10.9. The van der Waals surface area contributed by atoms with Gasteiger partial charge >= 0.3 is 0 Å². The molecule has 1 heterocycles. The highest BCUT2D eigenvalue weighted by molar-refractivity contribution is 5.96. The Kier molecular flexibility index (Phi) is 3.57. The number of carbonyl (C=O) groups is 2. The zero-order valence-electron chi connectivity index (χ0n) is 7.06. The predicted octanol–water partition coefficient (Wildman–Crippen LogP) is -0.207. The molecule has 4 heteroatoms. The van der Waals surface area contributed by atoms with E-state index in [1.807, 2.05) is 0 Å². The Labute approximate surface area is 71.7 Å². The molecule has 0 bridgehead atoms. The van der Waals surface area contributed by atoms with E-state index >= 15 is 0 Å². The molecule has 0 aromatic heterocycles. The van der Waals surface area contributed by atoms with Gasteiger partial charge in [0, 0.05) is 13.1 Å². The lowest BCUT2D eigenvalue weighted by Crippen LogP contribution is -2.34. The second kappa shape index (κ2) is 4.74. The molecule has 0 unspecified atom stereocenters. The van der Waals surface area contributed by atoms with E-state index in [9.17, 15) is 9.59 Å². The molecular weight excluding hydrogens is 156 g/mol. The summed E-state index contributed by atoms with van der Waals surface area (Å²) in [5.74, 6) is -0.344. The van der Waals surface area contributed by atoms with E-state index in [1.165, 1.54) is 0 Å². The summed E-state index contributed by atoms with van der Waals surface area (Å²) < 4.78 is 0. The maximum absolute atomic E-state index is 10.9. The molecule has 1 saturated heterocycles. The molecule has 1 fully saturated rings. The normalized spacial score (nSPS) is 21.0. The maximum Gasteiger partial charge on any atom is 0.229 e. The van der Waals surface area contributed by atoms with E-state index in [0.717, 1.165) is 19.3 Å². The fourth-order valence-corrected chi connectivity index (χ4v) is 1.15. The van der Waals surface area contributed by atoms with Crippen LogP contribution in [0.4, 0.5) is 0 Å². The molecular formula is C8H14N2O2. The van der Waals surface area contributed by atoms with E-state index in [4.69, 9.17) is 0 Å². The summed E-state index contributed by atoms with van der Waals surface area (Å²) in [7, 11) is 0. The van der Waals surface area contributed by atoms with Crippen LogP contribution in [0, 0.1) is 0 Å². The molecule has 0 aliphatic carbocycles. The van der Waals surface area contributed by atoms with Gasteiger partial charge in [-0.05, 0) is 19.3 Å². The van der Waals surface area contributed by atoms with Crippen LogP contribution < -0.4 is 10.6 Å². The molecule has 0 aromatic rings. The van der Waals surface area contributed by atoms with Crippen molar-refractivity contribution >= 4 is 11.8 Å². The summed E-state index contributed by atoms with van der Waals surface area (Å²) in [4.78, 5) is 21.9. The van der Waals surface area contributed by atoms with Crippen LogP contribution in [-0.2, 0) is 9.59 Å². The van der Waals surface area contributed by atoms with E-state index < -0.39 is 0 Å². The van der Waals surface area contributed by atoms with Crippen molar-refractivity contribution < 1.29 is 9.59 Å². The number of amides is 2. The zero-order valence-corrected chi connectivity index (χ0v) is 7.06. The Hall–Kier alpha value is -1.06. The lowest BCUT2D eigenvalue weighted by molar-refractivity contribution is -0.129. The molecule has 0 aromatic carbocycles. The van der Waals surface area contributed by atoms with Gasteiger partial charge in [0.25, 0.3) is 0 Å². The van der Waals surface area contributed by atoms with Crippen LogP contribution in [0.1, 0.15) is 25.7 Å². The molecule has 1 aliphatic heterocycles. The molecule has 1 aliphatic rings. The van der Waals surface area contributed by atoms with Crippen LogP contribution in [0.25, 0.3) is 0 Å². The highest BCUT2D eigenvalue weighted by atomic mass is 16.2. The van der Waals surface area contributed by atoms with E-state index in [2.05, 4.69) is 10.6 Å². The molecule has 0 spiro atoms. The fraction of sp³-hybridized carbons (Fsp3) is 0.750. The summed E-state index contributed by atoms with van der Waals surface area (Å²) in [6, 6.07) is 0. The summed E-state index contributed by atoms with van der Waals surface area (Å²) in [5.41, 5.74) is 0. The molecule has 68 valence electrons. The van der Waals surface area contributed by atoms with Crippen molar-refractivity contribution in [1.82, 2.24) is 10.6 Å². The van der Waals surface area contributed by atoms with Crippen LogP contribution in [0.5, 0.6) is 0 Å². The van der Waals surface area contributed by atoms with Crippen molar-refractivity contribution in [2.75, 3.05) is 13.1 Å². The lowest BCUT2D eigenvalue weighted by atomic mass is 10.2. The molecule has 0 radical (unpaired) electrons. The van der Waals surface area contributed by atoms with E-state index in [-0.39, 0.29) is 18.2 Å². The second-order valence-electron chi connectivity index (χ2n) is 2.94. The van der Waals surface area contributed by atoms with Gasteiger partial charge in [-0.3, -0.25) is 9.59 Å². The van der Waals surface area contributed by atoms with Crippen LogP contribution in [0.2, 0.25) is 0 Å². The van der Waals surface area contributed by atoms with Crippen LogP contribution in [0.15, 0.2) is 0 Å². The minimum atomic E-state index is -0.172. The standard InChI is InChI=1S/C8H14N2O2/c11-7-6-8(12)10-5-3-1-2-4-9-7/h1-6H2,(H,9,11)(H,10,12). The van der Waals surface area contributed by atoms with Crippen LogP contribution in [-0.4, -0.2) is 24.9 Å². The molecule has 0 atom stereocenters. The van der Waals surface area contributed by atoms with Crippen molar-refractivity contribution in [2.24, 2.45) is 0 Å². The minimum Gasteiger partial charge on any atom is -0.356 e. The average molecular weight is 170 g/mol. The zero-order chi connectivity index (χ0) is 8.81. The third kappa shape index (κ3) is 3.37. The first-order valence-electron chi connectivity index (χ1n) is 4.32. The van der Waals surface area contributed by atoms with Crippen molar-refractivity contribution in [2.45, 2.75) is 25.7 Å². The summed E-state index contributed by atoms with van der Waals surface area (Å²) >= 11 is 0. The quantitative estimate of drug-likeness (QED) is 0.494. The van der Waals surface area contributed by atoms with Crippen molar-refractivity contribution in [3.63, 3.8) is 0 Å². The first kappa shape index (κ1) is 9.03. The Morgan fingerprint density at radius 3 is 1.83 bits per heavy atom. The third-order valence-corrected chi connectivity index (χ3v) is 1.82. The topological polar surface area (TPSA) is 58.2 Å². The van der Waals surface area contributed by atoms with Gasteiger partial charge in [-0.25, -0.2) is 0 Å². The van der Waals surface area contributed by atoms with Crippen molar-refractivity contribution in [3.05, 3.63) is 0 Å². The number of hydrogen-bond donors (Lipinski definition) is 2. The first-order valence-corrected chi connectivity index (χ1v) is 4.32. The second-order valence-corrected chi connectivity index (χ2v) is 2.94. The van der Waals surface area contributed by atoms with Gasteiger partial charge in [-0.2, -0.15) is 0 Å². The van der Waals surface area contributed by atoms with E-state index in [0.29, 0.717) is 13.1 Å². The molecule has 0 saturated carbocycles. The summed E-state index contributed by atoms with van der Waals surface area (Å²) in [6.07, 6.45) is 3.03. The summed E-state index contributed by atoms with van der Waals surface area (Å²) in [5, 5.41) is 5.37. The predicted molar refractivity (Wildman–Crippen MR) is 44.5 cm³/mol. The van der Waals surface area contributed by atoms with Crippen molar-refractivity contribution in [3.8, 4) is 0 Å². The van der Waals surface area contributed by atoms with Gasteiger partial charge in [-0.1, -0.05) is 0 Å². The number of hydrogen-bond acceptors (Lipinski definition) is 2. The van der Waals surface area contributed by atoms with Gasteiger partial charge in [0.1, 0.15) is 6.42 Å². The van der Waals surface area contributed by atoms with Gasteiger partial charge in [0.15, 0.2) is 0 Å². The van der Waals surface area contributed by atoms with Gasteiger partial charge in [-0.15, -0.1) is 0 Å². The Morgan fingerprint density at radius 2 is 1.33 bits per heavy atom. The minimum absolute atomic E-state index is 0.0278. The number of rotatable bonds is 0. The van der Waals surface area contributed by atoms with Crippen LogP contribution >= 0.6 is 0 Å².